The molecule has 0 bridgehead atoms. The Labute approximate surface area is 151 Å². The lowest BCUT2D eigenvalue weighted by molar-refractivity contribution is -0.149. The number of aryl methyl sites for hydroxylation is 1. The van der Waals surface area contributed by atoms with E-state index < -0.39 is 12.0 Å². The Kier molecular flexibility index (Phi) is 5.82. The SMILES string of the molecule is O=C1CN(C(=O)[C@H]2CN(C(=O)CCCn3cncn3)CC[C@H]2O)CCN1. The Balaban J connectivity index is 1.52. The molecule has 0 unspecified atom stereocenters. The van der Waals surface area contributed by atoms with Crippen LogP contribution in [0.5, 0.6) is 0 Å². The summed E-state index contributed by atoms with van der Waals surface area (Å²) in [4.78, 5) is 43.6. The van der Waals surface area contributed by atoms with Crippen LogP contribution in [0.3, 0.4) is 0 Å². The molecular weight excluding hydrogens is 340 g/mol. The third-order valence-electron chi connectivity index (χ3n) is 4.84. The van der Waals surface area contributed by atoms with Gasteiger partial charge in [0, 0.05) is 39.1 Å². The van der Waals surface area contributed by atoms with Gasteiger partial charge in [0.25, 0.3) is 0 Å². The summed E-state index contributed by atoms with van der Waals surface area (Å²) in [5, 5.41) is 16.9. The molecule has 0 aliphatic carbocycles. The van der Waals surface area contributed by atoms with Crippen LogP contribution in [-0.4, -0.2) is 86.2 Å². The summed E-state index contributed by atoms with van der Waals surface area (Å²) >= 11 is 0. The van der Waals surface area contributed by atoms with Gasteiger partial charge >= 0.3 is 0 Å². The smallest absolute Gasteiger partial charge is 0.239 e. The van der Waals surface area contributed by atoms with Crippen molar-refractivity contribution in [1.29, 1.82) is 0 Å². The first kappa shape index (κ1) is 18.3. The second-order valence-corrected chi connectivity index (χ2v) is 6.67. The Morgan fingerprint density at radius 1 is 1.31 bits per heavy atom. The standard InChI is InChI=1S/C16H24N6O4/c23-13-3-6-20(15(25)2-1-5-22-11-17-10-19-22)8-12(13)16(26)21-7-4-18-14(24)9-21/h10-13,23H,1-9H2,(H,18,24)/t12-,13+/m0/s1. The molecular formula is C16H24N6O4. The number of carbonyl (C=O) groups is 3. The van der Waals surface area contributed by atoms with Crippen molar-refractivity contribution in [3.63, 3.8) is 0 Å². The highest BCUT2D eigenvalue weighted by Gasteiger charge is 2.38. The van der Waals surface area contributed by atoms with Gasteiger partial charge in [-0.05, 0) is 12.8 Å². The largest absolute Gasteiger partial charge is 0.392 e. The molecule has 2 N–H and O–H groups in total. The van der Waals surface area contributed by atoms with Crippen LogP contribution < -0.4 is 5.32 Å². The number of piperazine rings is 1. The number of aliphatic hydroxyl groups is 1. The molecule has 142 valence electrons. The lowest BCUT2D eigenvalue weighted by Gasteiger charge is -2.38. The van der Waals surface area contributed by atoms with Gasteiger partial charge in [0.15, 0.2) is 0 Å². The van der Waals surface area contributed by atoms with Crippen LogP contribution in [0.4, 0.5) is 0 Å². The number of likely N-dealkylation sites (tertiary alicyclic amines) is 1. The molecule has 2 saturated heterocycles. The fourth-order valence-corrected chi connectivity index (χ4v) is 3.37. The number of rotatable bonds is 5. The maximum atomic E-state index is 12.7. The van der Waals surface area contributed by atoms with Crippen LogP contribution in [0.1, 0.15) is 19.3 Å². The fourth-order valence-electron chi connectivity index (χ4n) is 3.37. The van der Waals surface area contributed by atoms with E-state index in [1.807, 2.05) is 0 Å². The van der Waals surface area contributed by atoms with Gasteiger partial charge in [0.1, 0.15) is 12.7 Å². The Morgan fingerprint density at radius 3 is 2.88 bits per heavy atom. The van der Waals surface area contributed by atoms with E-state index in [-0.39, 0.29) is 30.8 Å². The Hall–Kier alpha value is -2.49. The van der Waals surface area contributed by atoms with Gasteiger partial charge in [0.2, 0.25) is 17.7 Å². The van der Waals surface area contributed by atoms with Crippen molar-refractivity contribution in [2.75, 3.05) is 32.7 Å². The topological polar surface area (TPSA) is 121 Å². The van der Waals surface area contributed by atoms with Gasteiger partial charge in [-0.1, -0.05) is 0 Å². The summed E-state index contributed by atoms with van der Waals surface area (Å²) in [5.41, 5.74) is 0. The molecule has 2 fully saturated rings. The van der Waals surface area contributed by atoms with Gasteiger partial charge in [-0.3, -0.25) is 19.1 Å². The Bertz CT molecular complexity index is 649. The molecule has 0 saturated carbocycles. The summed E-state index contributed by atoms with van der Waals surface area (Å²) < 4.78 is 1.67. The minimum absolute atomic E-state index is 0.00784. The molecule has 3 heterocycles. The van der Waals surface area contributed by atoms with Crippen molar-refractivity contribution in [3.8, 4) is 0 Å². The first-order valence-corrected chi connectivity index (χ1v) is 8.88. The highest BCUT2D eigenvalue weighted by Crippen LogP contribution is 2.21. The van der Waals surface area contributed by atoms with Gasteiger partial charge in [0.05, 0.1) is 18.6 Å². The molecule has 0 spiro atoms. The van der Waals surface area contributed by atoms with Gasteiger partial charge < -0.3 is 20.2 Å². The van der Waals surface area contributed by atoms with Crippen molar-refractivity contribution < 1.29 is 19.5 Å². The van der Waals surface area contributed by atoms with E-state index in [2.05, 4.69) is 15.4 Å². The fraction of sp³-hybridized carbons (Fsp3) is 0.688. The molecule has 1 aromatic heterocycles. The van der Waals surface area contributed by atoms with E-state index in [1.54, 1.807) is 15.9 Å². The predicted molar refractivity (Wildman–Crippen MR) is 89.5 cm³/mol. The number of carbonyl (C=O) groups excluding carboxylic acids is 3. The van der Waals surface area contributed by atoms with E-state index >= 15 is 0 Å². The monoisotopic (exact) mass is 364 g/mol. The number of hydrogen-bond donors (Lipinski definition) is 2. The molecule has 26 heavy (non-hydrogen) atoms. The number of aliphatic hydroxyl groups excluding tert-OH is 1. The molecule has 1 aromatic rings. The third kappa shape index (κ3) is 4.37. The van der Waals surface area contributed by atoms with Crippen molar-refractivity contribution in [1.82, 2.24) is 29.9 Å². The second kappa shape index (κ2) is 8.26. The quantitative estimate of drug-likeness (QED) is 0.638. The number of nitrogens with zero attached hydrogens (tertiary/aromatic N) is 5. The van der Waals surface area contributed by atoms with Gasteiger partial charge in [-0.25, -0.2) is 4.98 Å². The normalized spacial score (nSPS) is 23.7. The van der Waals surface area contributed by atoms with Gasteiger partial charge in [-0.2, -0.15) is 5.10 Å². The van der Waals surface area contributed by atoms with Crippen LogP contribution >= 0.6 is 0 Å². The number of amides is 3. The summed E-state index contributed by atoms with van der Waals surface area (Å²) in [7, 11) is 0. The molecule has 0 radical (unpaired) electrons. The zero-order chi connectivity index (χ0) is 18.5. The van der Waals surface area contributed by atoms with Crippen LogP contribution in [0.2, 0.25) is 0 Å². The molecule has 0 aromatic carbocycles. The first-order valence-electron chi connectivity index (χ1n) is 8.88. The van der Waals surface area contributed by atoms with Gasteiger partial charge in [-0.15, -0.1) is 0 Å². The van der Waals surface area contributed by atoms with E-state index in [4.69, 9.17) is 0 Å². The maximum absolute atomic E-state index is 12.7. The second-order valence-electron chi connectivity index (χ2n) is 6.67. The number of nitrogens with one attached hydrogen (secondary N) is 1. The van der Waals surface area contributed by atoms with Crippen molar-refractivity contribution >= 4 is 17.7 Å². The lowest BCUT2D eigenvalue weighted by atomic mass is 9.92. The summed E-state index contributed by atoms with van der Waals surface area (Å²) in [6, 6.07) is 0. The van der Waals surface area contributed by atoms with Crippen LogP contribution in [0.25, 0.3) is 0 Å². The molecule has 3 rings (SSSR count). The van der Waals surface area contributed by atoms with Crippen LogP contribution in [0, 0.1) is 5.92 Å². The number of piperidine rings is 1. The molecule has 2 atom stereocenters. The molecule has 2 aliphatic heterocycles. The van der Waals surface area contributed by atoms with Crippen molar-refractivity contribution in [2.45, 2.75) is 31.9 Å². The molecule has 2 aliphatic rings. The maximum Gasteiger partial charge on any atom is 0.239 e. The predicted octanol–water partition coefficient (Wildman–Crippen LogP) is -1.77. The highest BCUT2D eigenvalue weighted by atomic mass is 16.3. The summed E-state index contributed by atoms with van der Waals surface area (Å²) in [5.74, 6) is -1.16. The van der Waals surface area contributed by atoms with Crippen molar-refractivity contribution in [2.24, 2.45) is 5.92 Å². The lowest BCUT2D eigenvalue weighted by Crippen LogP contribution is -2.57. The van der Waals surface area contributed by atoms with Crippen LogP contribution in [0.15, 0.2) is 12.7 Å². The average molecular weight is 364 g/mol. The molecule has 3 amide bonds. The molecule has 10 heteroatoms. The highest BCUT2D eigenvalue weighted by molar-refractivity contribution is 5.88. The van der Waals surface area contributed by atoms with E-state index in [0.717, 1.165) is 0 Å². The minimum Gasteiger partial charge on any atom is -0.392 e. The van der Waals surface area contributed by atoms with Crippen molar-refractivity contribution in [3.05, 3.63) is 12.7 Å². The minimum atomic E-state index is -0.785. The number of hydrogen-bond acceptors (Lipinski definition) is 6. The number of aromatic nitrogens is 3. The first-order chi connectivity index (χ1) is 12.5. The zero-order valence-electron chi connectivity index (χ0n) is 14.6. The zero-order valence-corrected chi connectivity index (χ0v) is 14.6. The Morgan fingerprint density at radius 2 is 2.15 bits per heavy atom. The third-order valence-corrected chi connectivity index (χ3v) is 4.84. The van der Waals surface area contributed by atoms with E-state index in [1.165, 1.54) is 11.2 Å². The van der Waals surface area contributed by atoms with Crippen LogP contribution in [-0.2, 0) is 20.9 Å². The van der Waals surface area contributed by atoms with E-state index in [9.17, 15) is 19.5 Å². The average Bonchev–Trinajstić information content (AvgIpc) is 3.15. The summed E-state index contributed by atoms with van der Waals surface area (Å²) in [6.45, 7) is 2.09. The molecule has 10 nitrogen and oxygen atoms in total. The van der Waals surface area contributed by atoms with E-state index in [0.29, 0.717) is 45.4 Å². The summed E-state index contributed by atoms with van der Waals surface area (Å²) in [6.07, 6.45) is 3.61.